The number of nitrogens with zero attached hydrogens (tertiary/aromatic N) is 3. The van der Waals surface area contributed by atoms with E-state index >= 15 is 0 Å². The van der Waals surface area contributed by atoms with Crippen molar-refractivity contribution in [3.8, 4) is 0 Å². The average Bonchev–Trinajstić information content (AvgIpc) is 2.88. The lowest BCUT2D eigenvalue weighted by Gasteiger charge is -2.23. The van der Waals surface area contributed by atoms with Crippen LogP contribution in [0.3, 0.4) is 0 Å². The van der Waals surface area contributed by atoms with Gasteiger partial charge in [0.2, 0.25) is 5.17 Å². The number of carbonyl (C=O) groups excluding carboxylic acids is 1. The molecule has 0 unspecified atom stereocenters. The number of aliphatic imine (C=N–C) groups is 1. The predicted molar refractivity (Wildman–Crippen MR) is 90.0 cm³/mol. The summed E-state index contributed by atoms with van der Waals surface area (Å²) in [5, 5.41) is 9.85. The molecule has 1 aromatic carbocycles. The van der Waals surface area contributed by atoms with Crippen LogP contribution in [0.15, 0.2) is 39.2 Å². The molecule has 0 saturated carbocycles. The minimum absolute atomic E-state index is 0.0722. The molecule has 0 saturated heterocycles. The smallest absolute Gasteiger partial charge is 0.283 e. The van der Waals surface area contributed by atoms with Gasteiger partial charge in [-0.1, -0.05) is 41.6 Å². The van der Waals surface area contributed by atoms with Gasteiger partial charge in [0.15, 0.2) is 5.17 Å². The van der Waals surface area contributed by atoms with Crippen LogP contribution in [0.5, 0.6) is 0 Å². The van der Waals surface area contributed by atoms with Gasteiger partial charge in [0.1, 0.15) is 5.84 Å². The molecule has 2 aliphatic heterocycles. The molecule has 3 rings (SSSR count). The zero-order valence-corrected chi connectivity index (χ0v) is 13.2. The summed E-state index contributed by atoms with van der Waals surface area (Å²) in [6.45, 7) is 0. The number of carbonyl (C=O) groups is 1. The van der Waals surface area contributed by atoms with Gasteiger partial charge in [-0.2, -0.15) is 9.39 Å². The van der Waals surface area contributed by atoms with E-state index in [4.69, 9.17) is 17.0 Å². The van der Waals surface area contributed by atoms with Crippen molar-refractivity contribution in [1.29, 1.82) is 5.41 Å². The highest BCUT2D eigenvalue weighted by molar-refractivity contribution is 8.18. The Hall–Kier alpha value is -1.57. The topological polar surface area (TPSA) is 68.9 Å². The van der Waals surface area contributed by atoms with Gasteiger partial charge in [-0.05, 0) is 24.0 Å². The summed E-state index contributed by atoms with van der Waals surface area (Å²) in [7, 11) is 0. The van der Waals surface area contributed by atoms with Crippen LogP contribution in [0.25, 0.3) is 6.08 Å². The molecule has 0 aliphatic carbocycles. The molecule has 2 heterocycles. The van der Waals surface area contributed by atoms with Gasteiger partial charge >= 0.3 is 0 Å². The summed E-state index contributed by atoms with van der Waals surface area (Å²) in [5.41, 5.74) is 0.886. The standard InChI is InChI=1S/C13H9ClN4OS2/c1-20-13-17-21-12-16-11(19)8(10(15)18(12)13)6-7-4-2-3-5-9(7)14/h2-6,15H,1H3. The lowest BCUT2D eigenvalue weighted by molar-refractivity contribution is -0.114. The fourth-order valence-corrected chi connectivity index (χ4v) is 3.52. The van der Waals surface area contributed by atoms with E-state index in [1.807, 2.05) is 18.4 Å². The fourth-order valence-electron chi connectivity index (χ4n) is 1.88. The first-order valence-corrected chi connectivity index (χ1v) is 8.26. The minimum atomic E-state index is -0.448. The molecule has 0 bridgehead atoms. The molecular formula is C13H9ClN4OS2. The third kappa shape index (κ3) is 2.52. The van der Waals surface area contributed by atoms with Gasteiger partial charge in [0.25, 0.3) is 5.91 Å². The lowest BCUT2D eigenvalue weighted by Crippen LogP contribution is -2.41. The molecule has 106 valence electrons. The highest BCUT2D eigenvalue weighted by Crippen LogP contribution is 2.31. The first-order chi connectivity index (χ1) is 10.1. The Morgan fingerprint density at radius 1 is 1.43 bits per heavy atom. The molecule has 1 aromatic rings. The maximum Gasteiger partial charge on any atom is 0.283 e. The van der Waals surface area contributed by atoms with Crippen molar-refractivity contribution in [1.82, 2.24) is 4.90 Å². The fraction of sp³-hybridized carbons (Fsp3) is 0.0769. The van der Waals surface area contributed by atoms with Crippen LogP contribution >= 0.6 is 35.3 Å². The quantitative estimate of drug-likeness (QED) is 0.631. The molecule has 21 heavy (non-hydrogen) atoms. The number of amides is 1. The Balaban J connectivity index is 2.05. The third-order valence-corrected chi connectivity index (χ3v) is 4.68. The lowest BCUT2D eigenvalue weighted by atomic mass is 10.1. The molecule has 2 aliphatic rings. The molecule has 0 atom stereocenters. The summed E-state index contributed by atoms with van der Waals surface area (Å²) in [6, 6.07) is 7.16. The van der Waals surface area contributed by atoms with E-state index in [1.54, 1.807) is 23.1 Å². The highest BCUT2D eigenvalue weighted by Gasteiger charge is 2.36. The number of amidine groups is 3. The van der Waals surface area contributed by atoms with Crippen molar-refractivity contribution < 1.29 is 4.79 Å². The van der Waals surface area contributed by atoms with E-state index in [1.165, 1.54) is 11.8 Å². The van der Waals surface area contributed by atoms with Crippen LogP contribution in [0, 0.1) is 5.41 Å². The Bertz CT molecular complexity index is 741. The van der Waals surface area contributed by atoms with Crippen molar-refractivity contribution in [2.24, 2.45) is 9.39 Å². The summed E-state index contributed by atoms with van der Waals surface area (Å²) >= 11 is 8.61. The SMILES string of the molecule is CSC1=NSC2=NC(=O)C(=Cc3ccccc3Cl)C(=N)N12. The molecular weight excluding hydrogens is 328 g/mol. The maximum absolute atomic E-state index is 12.1. The monoisotopic (exact) mass is 336 g/mol. The van der Waals surface area contributed by atoms with E-state index in [2.05, 4.69) is 9.39 Å². The molecule has 1 amide bonds. The van der Waals surface area contributed by atoms with Crippen LogP contribution in [-0.2, 0) is 4.79 Å². The van der Waals surface area contributed by atoms with E-state index in [0.717, 1.165) is 11.9 Å². The van der Waals surface area contributed by atoms with Gasteiger partial charge in [0, 0.05) is 5.02 Å². The minimum Gasteiger partial charge on any atom is -0.283 e. The second-order valence-electron chi connectivity index (χ2n) is 4.13. The Morgan fingerprint density at radius 2 is 2.19 bits per heavy atom. The Labute approximate surface area is 134 Å². The zero-order chi connectivity index (χ0) is 15.0. The van der Waals surface area contributed by atoms with Gasteiger partial charge in [-0.25, -0.2) is 4.90 Å². The second-order valence-corrected chi connectivity index (χ2v) is 6.04. The summed E-state index contributed by atoms with van der Waals surface area (Å²) in [5.74, 6) is -0.376. The van der Waals surface area contributed by atoms with E-state index in [-0.39, 0.29) is 11.4 Å². The van der Waals surface area contributed by atoms with Gasteiger partial charge in [-0.3, -0.25) is 10.2 Å². The molecule has 0 fully saturated rings. The first kappa shape index (κ1) is 14.4. The van der Waals surface area contributed by atoms with E-state index < -0.39 is 5.91 Å². The highest BCUT2D eigenvalue weighted by atomic mass is 35.5. The van der Waals surface area contributed by atoms with Gasteiger partial charge in [0.05, 0.1) is 17.5 Å². The molecule has 0 radical (unpaired) electrons. The molecule has 0 spiro atoms. The number of halogens is 1. The predicted octanol–water partition coefficient (Wildman–Crippen LogP) is 3.28. The molecule has 1 N–H and O–H groups in total. The molecule has 8 heteroatoms. The van der Waals surface area contributed by atoms with Crippen LogP contribution in [-0.4, -0.2) is 33.2 Å². The number of benzene rings is 1. The number of fused-ring (bicyclic) bond motifs is 1. The third-order valence-electron chi connectivity index (χ3n) is 2.88. The van der Waals surface area contributed by atoms with E-state index in [9.17, 15) is 4.79 Å². The van der Waals surface area contributed by atoms with Crippen molar-refractivity contribution >= 4 is 63.5 Å². The van der Waals surface area contributed by atoms with Gasteiger partial charge < -0.3 is 0 Å². The van der Waals surface area contributed by atoms with Crippen LogP contribution in [0.1, 0.15) is 5.56 Å². The average molecular weight is 337 g/mol. The van der Waals surface area contributed by atoms with E-state index in [0.29, 0.717) is 20.9 Å². The zero-order valence-electron chi connectivity index (χ0n) is 10.8. The summed E-state index contributed by atoms with van der Waals surface area (Å²) in [6.07, 6.45) is 3.46. The number of hydrogen-bond acceptors (Lipinski definition) is 5. The van der Waals surface area contributed by atoms with Crippen LogP contribution in [0.2, 0.25) is 5.02 Å². The number of nitrogens with one attached hydrogen (secondary N) is 1. The number of rotatable bonds is 1. The van der Waals surface area contributed by atoms with Crippen LogP contribution < -0.4 is 0 Å². The molecule has 5 nitrogen and oxygen atoms in total. The number of thioether (sulfide) groups is 1. The van der Waals surface area contributed by atoms with Crippen molar-refractivity contribution in [3.05, 3.63) is 40.4 Å². The Kier molecular flexibility index (Phi) is 3.88. The maximum atomic E-state index is 12.1. The van der Waals surface area contributed by atoms with Crippen molar-refractivity contribution in [2.75, 3.05) is 6.26 Å². The summed E-state index contributed by atoms with van der Waals surface area (Å²) in [4.78, 5) is 17.7. The van der Waals surface area contributed by atoms with Crippen molar-refractivity contribution in [3.63, 3.8) is 0 Å². The molecule has 0 aromatic heterocycles. The number of hydrogen-bond donors (Lipinski definition) is 1. The summed E-state index contributed by atoms with van der Waals surface area (Å²) < 4.78 is 4.19. The first-order valence-electron chi connectivity index (χ1n) is 5.89. The second kappa shape index (κ2) is 5.67. The Morgan fingerprint density at radius 3 is 2.90 bits per heavy atom. The normalized spacial score (nSPS) is 19.7. The van der Waals surface area contributed by atoms with Crippen LogP contribution in [0.4, 0.5) is 0 Å². The van der Waals surface area contributed by atoms with Crippen molar-refractivity contribution in [2.45, 2.75) is 0 Å². The largest absolute Gasteiger partial charge is 0.283 e. The van der Waals surface area contributed by atoms with Gasteiger partial charge in [-0.15, -0.1) is 0 Å².